The Bertz CT molecular complexity index is 794. The number of aryl methyl sites for hydroxylation is 2. The van der Waals surface area contributed by atoms with E-state index in [0.29, 0.717) is 30.7 Å². The summed E-state index contributed by atoms with van der Waals surface area (Å²) in [6.07, 6.45) is 0. The summed E-state index contributed by atoms with van der Waals surface area (Å²) in [5, 5.41) is 6.42. The molecule has 8 nitrogen and oxygen atoms in total. The van der Waals surface area contributed by atoms with E-state index in [9.17, 15) is 4.79 Å². The first-order chi connectivity index (χ1) is 13.4. The van der Waals surface area contributed by atoms with Crippen LogP contribution in [0.3, 0.4) is 0 Å². The Morgan fingerprint density at radius 3 is 2.71 bits per heavy atom. The minimum Gasteiger partial charge on any atom is -0.484 e. The number of hydrogen-bond donors (Lipinski definition) is 2. The predicted octanol–water partition coefficient (Wildman–Crippen LogP) is 2.01. The van der Waals surface area contributed by atoms with Gasteiger partial charge in [-0.25, -0.2) is 9.98 Å². The van der Waals surface area contributed by atoms with Gasteiger partial charge in [0.1, 0.15) is 11.5 Å². The van der Waals surface area contributed by atoms with Crippen LogP contribution < -0.4 is 15.4 Å². The van der Waals surface area contributed by atoms with Crippen molar-refractivity contribution in [1.82, 2.24) is 20.5 Å². The van der Waals surface area contributed by atoms with E-state index in [1.807, 2.05) is 45.0 Å². The summed E-state index contributed by atoms with van der Waals surface area (Å²) in [6.45, 7) is 7.50. The van der Waals surface area contributed by atoms with Gasteiger partial charge in [-0.05, 0) is 38.5 Å². The molecule has 152 valence electrons. The Labute approximate surface area is 166 Å². The molecular weight excluding hydrogens is 358 g/mol. The molecule has 8 heteroatoms. The highest BCUT2D eigenvalue weighted by Gasteiger charge is 2.07. The van der Waals surface area contributed by atoms with E-state index >= 15 is 0 Å². The molecule has 0 unspecified atom stereocenters. The Morgan fingerprint density at radius 1 is 1.29 bits per heavy atom. The van der Waals surface area contributed by atoms with Gasteiger partial charge in [0, 0.05) is 20.6 Å². The molecule has 1 amide bonds. The standard InChI is InChI=1S/C20H29N5O3/c1-6-21-20(23-12-18-24-14(2)15(3)28-18)22-11-16-8-7-9-17(10-16)27-13-19(26)25(4)5/h7-10H,6,11-13H2,1-5H3,(H2,21,22,23). The van der Waals surface area contributed by atoms with Gasteiger partial charge >= 0.3 is 0 Å². The fourth-order valence-electron chi connectivity index (χ4n) is 2.29. The van der Waals surface area contributed by atoms with Gasteiger partial charge in [0.15, 0.2) is 12.6 Å². The molecule has 0 aliphatic heterocycles. The number of benzene rings is 1. The zero-order valence-electron chi connectivity index (χ0n) is 17.2. The molecule has 1 aromatic carbocycles. The molecule has 28 heavy (non-hydrogen) atoms. The lowest BCUT2D eigenvalue weighted by Gasteiger charge is -2.12. The lowest BCUT2D eigenvalue weighted by Crippen LogP contribution is -2.36. The fraction of sp³-hybridized carbons (Fsp3) is 0.450. The Kier molecular flexibility index (Phi) is 7.86. The highest BCUT2D eigenvalue weighted by Crippen LogP contribution is 2.14. The second-order valence-corrected chi connectivity index (χ2v) is 6.52. The molecule has 0 saturated carbocycles. The number of carbonyl (C=O) groups is 1. The number of carbonyl (C=O) groups excluding carboxylic acids is 1. The number of oxazole rings is 1. The summed E-state index contributed by atoms with van der Waals surface area (Å²) < 4.78 is 11.1. The van der Waals surface area contributed by atoms with Crippen molar-refractivity contribution in [3.63, 3.8) is 0 Å². The molecule has 0 bridgehead atoms. The minimum atomic E-state index is -0.0842. The maximum Gasteiger partial charge on any atom is 0.259 e. The maximum absolute atomic E-state index is 11.6. The normalized spacial score (nSPS) is 11.2. The van der Waals surface area contributed by atoms with Gasteiger partial charge in [-0.15, -0.1) is 0 Å². The number of likely N-dealkylation sites (N-methyl/N-ethyl adjacent to an activating group) is 1. The van der Waals surface area contributed by atoms with Gasteiger partial charge < -0.3 is 24.7 Å². The van der Waals surface area contributed by atoms with E-state index in [2.05, 4.69) is 20.6 Å². The average Bonchev–Trinajstić information content (AvgIpc) is 3.00. The topological polar surface area (TPSA) is 92.0 Å². The van der Waals surface area contributed by atoms with E-state index < -0.39 is 0 Å². The molecule has 0 radical (unpaired) electrons. The van der Waals surface area contributed by atoms with E-state index in [0.717, 1.165) is 23.6 Å². The van der Waals surface area contributed by atoms with Crippen molar-refractivity contribution in [2.45, 2.75) is 33.9 Å². The van der Waals surface area contributed by atoms with Crippen LogP contribution in [0.5, 0.6) is 5.75 Å². The predicted molar refractivity (Wildman–Crippen MR) is 108 cm³/mol. The number of hydrogen-bond acceptors (Lipinski definition) is 5. The number of aliphatic imine (C=N–C) groups is 1. The minimum absolute atomic E-state index is 0.0128. The van der Waals surface area contributed by atoms with Gasteiger partial charge in [0.05, 0.1) is 18.8 Å². The van der Waals surface area contributed by atoms with Crippen LogP contribution in [-0.2, 0) is 17.9 Å². The van der Waals surface area contributed by atoms with Gasteiger partial charge in [-0.1, -0.05) is 12.1 Å². The lowest BCUT2D eigenvalue weighted by molar-refractivity contribution is -0.130. The van der Waals surface area contributed by atoms with E-state index in [4.69, 9.17) is 9.15 Å². The van der Waals surface area contributed by atoms with E-state index in [-0.39, 0.29) is 12.5 Å². The van der Waals surface area contributed by atoms with Gasteiger partial charge in [-0.3, -0.25) is 4.79 Å². The number of guanidine groups is 1. The number of nitrogens with zero attached hydrogens (tertiary/aromatic N) is 3. The summed E-state index contributed by atoms with van der Waals surface area (Å²) in [6, 6.07) is 7.57. The molecule has 0 spiro atoms. The van der Waals surface area contributed by atoms with Crippen molar-refractivity contribution in [2.24, 2.45) is 4.99 Å². The molecule has 1 aromatic heterocycles. The molecule has 2 rings (SSSR count). The Morgan fingerprint density at radius 2 is 2.07 bits per heavy atom. The highest BCUT2D eigenvalue weighted by atomic mass is 16.5. The third-order valence-corrected chi connectivity index (χ3v) is 4.00. The van der Waals surface area contributed by atoms with Crippen LogP contribution in [0.15, 0.2) is 33.7 Å². The van der Waals surface area contributed by atoms with Crippen molar-refractivity contribution >= 4 is 11.9 Å². The Hall–Kier alpha value is -3.03. The molecule has 0 aliphatic carbocycles. The lowest BCUT2D eigenvalue weighted by atomic mass is 10.2. The fourth-order valence-corrected chi connectivity index (χ4v) is 2.29. The van der Waals surface area contributed by atoms with E-state index in [1.165, 1.54) is 4.90 Å². The summed E-state index contributed by atoms with van der Waals surface area (Å²) in [4.78, 5) is 22.1. The molecule has 0 aliphatic rings. The monoisotopic (exact) mass is 387 g/mol. The molecule has 0 fully saturated rings. The van der Waals surface area contributed by atoms with Crippen LogP contribution in [0.2, 0.25) is 0 Å². The zero-order valence-corrected chi connectivity index (χ0v) is 17.2. The van der Waals surface area contributed by atoms with Gasteiger partial charge in [-0.2, -0.15) is 0 Å². The third kappa shape index (κ3) is 6.61. The van der Waals surface area contributed by atoms with Crippen LogP contribution in [0.4, 0.5) is 0 Å². The highest BCUT2D eigenvalue weighted by molar-refractivity contribution is 5.79. The number of amides is 1. The van der Waals surface area contributed by atoms with Crippen molar-refractivity contribution in [1.29, 1.82) is 0 Å². The SMILES string of the molecule is CCNC(=NCc1cccc(OCC(=O)N(C)C)c1)NCc1nc(C)c(C)o1. The molecular formula is C20H29N5O3. The van der Waals surface area contributed by atoms with Crippen LogP contribution in [0.1, 0.15) is 29.8 Å². The van der Waals surface area contributed by atoms with Gasteiger partial charge in [0.2, 0.25) is 5.89 Å². The Balaban J connectivity index is 1.95. The first-order valence-electron chi connectivity index (χ1n) is 9.26. The van der Waals surface area contributed by atoms with Crippen LogP contribution in [0.25, 0.3) is 0 Å². The summed E-state index contributed by atoms with van der Waals surface area (Å²) in [7, 11) is 3.40. The zero-order chi connectivity index (χ0) is 20.5. The van der Waals surface area contributed by atoms with Crippen LogP contribution in [0, 0.1) is 13.8 Å². The van der Waals surface area contributed by atoms with Gasteiger partial charge in [0.25, 0.3) is 5.91 Å². The smallest absolute Gasteiger partial charge is 0.259 e. The average molecular weight is 387 g/mol. The van der Waals surface area contributed by atoms with E-state index in [1.54, 1.807) is 14.1 Å². The third-order valence-electron chi connectivity index (χ3n) is 4.00. The number of rotatable bonds is 8. The first kappa shape index (κ1) is 21.3. The van der Waals surface area contributed by atoms with Crippen LogP contribution in [-0.4, -0.2) is 49.0 Å². The number of nitrogens with one attached hydrogen (secondary N) is 2. The number of aromatic nitrogens is 1. The summed E-state index contributed by atoms with van der Waals surface area (Å²) in [5.74, 6) is 2.68. The van der Waals surface area contributed by atoms with Crippen LogP contribution >= 0.6 is 0 Å². The quantitative estimate of drug-likeness (QED) is 0.532. The maximum atomic E-state index is 11.6. The molecule has 2 aromatic rings. The number of ether oxygens (including phenoxy) is 1. The molecule has 2 N–H and O–H groups in total. The second-order valence-electron chi connectivity index (χ2n) is 6.52. The second kappa shape index (κ2) is 10.3. The molecule has 0 saturated heterocycles. The van der Waals surface area contributed by atoms with Crippen molar-refractivity contribution in [3.8, 4) is 5.75 Å². The van der Waals surface area contributed by atoms with Crippen molar-refractivity contribution in [3.05, 3.63) is 47.2 Å². The van der Waals surface area contributed by atoms with Crippen molar-refractivity contribution in [2.75, 3.05) is 27.2 Å². The van der Waals surface area contributed by atoms with Crippen molar-refractivity contribution < 1.29 is 13.9 Å². The largest absolute Gasteiger partial charge is 0.484 e. The first-order valence-corrected chi connectivity index (χ1v) is 9.26. The molecule has 0 atom stereocenters. The summed E-state index contributed by atoms with van der Waals surface area (Å²) >= 11 is 0. The molecule has 1 heterocycles. The summed E-state index contributed by atoms with van der Waals surface area (Å²) in [5.41, 5.74) is 1.87.